The van der Waals surface area contributed by atoms with Crippen molar-refractivity contribution in [3.63, 3.8) is 0 Å². The third-order valence-electron chi connectivity index (χ3n) is 4.86. The zero-order chi connectivity index (χ0) is 17.6. The van der Waals surface area contributed by atoms with Crippen molar-refractivity contribution in [3.8, 4) is 5.75 Å². The van der Waals surface area contributed by atoms with E-state index >= 15 is 0 Å². The fraction of sp³-hybridized carbons (Fsp3) is 0.579. The number of hydrogen-bond acceptors (Lipinski definition) is 5. The summed E-state index contributed by atoms with van der Waals surface area (Å²) in [5.41, 5.74) is 1.20. The number of aromatic nitrogens is 2. The number of benzene rings is 1. The molecule has 3 rings (SSSR count). The van der Waals surface area contributed by atoms with E-state index in [1.165, 1.54) is 37.7 Å². The van der Waals surface area contributed by atoms with Gasteiger partial charge >= 0.3 is 0 Å². The standard InChI is InChI=1S/C19H26ClN3O2.ClH/c1-13(21-2)10-18-22-19(25-23-18)12-24-17-9-8-15(20)11-16(17)14-6-4-3-5-7-14;/h8-9,11,13-14,21H,3-7,10,12H2,1-2H3;1H. The topological polar surface area (TPSA) is 60.2 Å². The van der Waals surface area contributed by atoms with Gasteiger partial charge in [0, 0.05) is 17.5 Å². The molecule has 1 atom stereocenters. The second-order valence-electron chi connectivity index (χ2n) is 6.80. The third-order valence-corrected chi connectivity index (χ3v) is 5.09. The lowest BCUT2D eigenvalue weighted by Crippen LogP contribution is -2.24. The average molecular weight is 400 g/mol. The number of likely N-dealkylation sites (N-methyl/N-ethyl adjacent to an activating group) is 1. The maximum absolute atomic E-state index is 6.22. The van der Waals surface area contributed by atoms with Crippen LogP contribution in [0.15, 0.2) is 22.7 Å². The molecule has 1 aromatic carbocycles. The Kier molecular flexibility index (Phi) is 8.19. The van der Waals surface area contributed by atoms with E-state index < -0.39 is 0 Å². The molecule has 1 fully saturated rings. The SMILES string of the molecule is CNC(C)Cc1noc(COc2ccc(Cl)cc2C2CCCCC2)n1.Cl. The van der Waals surface area contributed by atoms with E-state index in [-0.39, 0.29) is 19.0 Å². The molecular formula is C19H27Cl2N3O2. The summed E-state index contributed by atoms with van der Waals surface area (Å²) >= 11 is 6.22. The number of hydrogen-bond donors (Lipinski definition) is 1. The molecule has 0 spiro atoms. The van der Waals surface area contributed by atoms with Gasteiger partial charge in [-0.3, -0.25) is 0 Å². The van der Waals surface area contributed by atoms with Crippen LogP contribution >= 0.6 is 24.0 Å². The summed E-state index contributed by atoms with van der Waals surface area (Å²) in [6.07, 6.45) is 6.99. The number of rotatable bonds is 7. The lowest BCUT2D eigenvalue weighted by atomic mass is 9.84. The Morgan fingerprint density at radius 1 is 1.31 bits per heavy atom. The van der Waals surface area contributed by atoms with Gasteiger partial charge in [0.25, 0.3) is 5.89 Å². The molecular weight excluding hydrogens is 373 g/mol. The Hall–Kier alpha value is -1.30. The summed E-state index contributed by atoms with van der Waals surface area (Å²) in [5.74, 6) is 2.60. The second kappa shape index (κ2) is 10.1. The molecule has 1 aromatic heterocycles. The minimum absolute atomic E-state index is 0. The maximum Gasteiger partial charge on any atom is 0.264 e. The highest BCUT2D eigenvalue weighted by Gasteiger charge is 2.20. The number of ether oxygens (including phenoxy) is 1. The average Bonchev–Trinajstić information content (AvgIpc) is 3.08. The maximum atomic E-state index is 6.22. The summed E-state index contributed by atoms with van der Waals surface area (Å²) in [6, 6.07) is 6.17. The van der Waals surface area contributed by atoms with E-state index in [0.717, 1.165) is 17.2 Å². The first-order valence-corrected chi connectivity index (χ1v) is 9.44. The van der Waals surface area contributed by atoms with Gasteiger partial charge in [0.1, 0.15) is 5.75 Å². The van der Waals surface area contributed by atoms with Crippen molar-refractivity contribution in [1.29, 1.82) is 0 Å². The molecule has 2 aromatic rings. The third kappa shape index (κ3) is 5.60. The van der Waals surface area contributed by atoms with Gasteiger partial charge in [0.2, 0.25) is 0 Å². The van der Waals surface area contributed by atoms with Crippen molar-refractivity contribution in [2.45, 2.75) is 64.0 Å². The van der Waals surface area contributed by atoms with E-state index in [2.05, 4.69) is 22.4 Å². The molecule has 1 N–H and O–H groups in total. The lowest BCUT2D eigenvalue weighted by molar-refractivity contribution is 0.238. The normalized spacial score (nSPS) is 16.1. The van der Waals surface area contributed by atoms with Crippen molar-refractivity contribution in [3.05, 3.63) is 40.5 Å². The van der Waals surface area contributed by atoms with Crippen LogP contribution in [-0.2, 0) is 13.0 Å². The Balaban J connectivity index is 0.00000243. The smallest absolute Gasteiger partial charge is 0.264 e. The van der Waals surface area contributed by atoms with Crippen LogP contribution in [0.4, 0.5) is 0 Å². The Labute approximate surface area is 166 Å². The van der Waals surface area contributed by atoms with E-state index in [4.69, 9.17) is 20.9 Å². The van der Waals surface area contributed by atoms with E-state index in [1.807, 2.05) is 25.2 Å². The molecule has 0 bridgehead atoms. The molecule has 1 unspecified atom stereocenters. The Bertz CT molecular complexity index is 687. The zero-order valence-corrected chi connectivity index (χ0v) is 16.9. The minimum Gasteiger partial charge on any atom is -0.483 e. The van der Waals surface area contributed by atoms with Crippen molar-refractivity contribution in [1.82, 2.24) is 15.5 Å². The number of nitrogens with zero attached hydrogens (tertiary/aromatic N) is 2. The van der Waals surface area contributed by atoms with Crippen LogP contribution in [0.2, 0.25) is 5.02 Å². The van der Waals surface area contributed by atoms with Gasteiger partial charge in [0.05, 0.1) is 0 Å². The second-order valence-corrected chi connectivity index (χ2v) is 7.24. The molecule has 1 heterocycles. The number of halogens is 2. The number of nitrogens with one attached hydrogen (secondary N) is 1. The van der Waals surface area contributed by atoms with Gasteiger partial charge in [-0.05, 0) is 56.5 Å². The lowest BCUT2D eigenvalue weighted by Gasteiger charge is -2.24. The van der Waals surface area contributed by atoms with Crippen molar-refractivity contribution >= 4 is 24.0 Å². The van der Waals surface area contributed by atoms with E-state index in [0.29, 0.717) is 23.7 Å². The Morgan fingerprint density at radius 2 is 2.08 bits per heavy atom. The zero-order valence-electron chi connectivity index (χ0n) is 15.3. The molecule has 0 saturated heterocycles. The van der Waals surface area contributed by atoms with Gasteiger partial charge in [-0.1, -0.05) is 36.0 Å². The fourth-order valence-electron chi connectivity index (χ4n) is 3.33. The van der Waals surface area contributed by atoms with Crippen LogP contribution in [0.1, 0.15) is 62.2 Å². The summed E-state index contributed by atoms with van der Waals surface area (Å²) in [6.45, 7) is 2.36. The van der Waals surface area contributed by atoms with Gasteiger partial charge in [-0.25, -0.2) is 0 Å². The summed E-state index contributed by atoms with van der Waals surface area (Å²) < 4.78 is 11.3. The summed E-state index contributed by atoms with van der Waals surface area (Å²) in [7, 11) is 1.92. The Morgan fingerprint density at radius 3 is 2.81 bits per heavy atom. The van der Waals surface area contributed by atoms with Crippen LogP contribution in [0.25, 0.3) is 0 Å². The molecule has 144 valence electrons. The summed E-state index contributed by atoms with van der Waals surface area (Å²) in [5, 5.41) is 7.94. The highest BCUT2D eigenvalue weighted by atomic mass is 35.5. The highest BCUT2D eigenvalue weighted by molar-refractivity contribution is 6.30. The largest absolute Gasteiger partial charge is 0.483 e. The van der Waals surface area contributed by atoms with Crippen molar-refractivity contribution in [2.24, 2.45) is 0 Å². The molecule has 1 aliphatic carbocycles. The molecule has 5 nitrogen and oxygen atoms in total. The fourth-order valence-corrected chi connectivity index (χ4v) is 3.51. The van der Waals surface area contributed by atoms with Crippen molar-refractivity contribution < 1.29 is 9.26 Å². The summed E-state index contributed by atoms with van der Waals surface area (Å²) in [4.78, 5) is 4.40. The molecule has 1 aliphatic rings. The molecule has 0 radical (unpaired) electrons. The first kappa shape index (κ1) is 21.0. The first-order chi connectivity index (χ1) is 12.2. The molecule has 26 heavy (non-hydrogen) atoms. The molecule has 0 amide bonds. The van der Waals surface area contributed by atoms with Crippen molar-refractivity contribution in [2.75, 3.05) is 7.05 Å². The monoisotopic (exact) mass is 399 g/mol. The minimum atomic E-state index is 0. The van der Waals surface area contributed by atoms with Crippen LogP contribution in [-0.4, -0.2) is 23.2 Å². The molecule has 0 aliphatic heterocycles. The molecule has 1 saturated carbocycles. The van der Waals surface area contributed by atoms with Gasteiger partial charge in [0.15, 0.2) is 12.4 Å². The first-order valence-electron chi connectivity index (χ1n) is 9.06. The van der Waals surface area contributed by atoms with Gasteiger partial charge in [-0.2, -0.15) is 4.98 Å². The van der Waals surface area contributed by atoms with E-state index in [1.54, 1.807) is 0 Å². The van der Waals surface area contributed by atoms with Gasteiger partial charge < -0.3 is 14.6 Å². The van der Waals surface area contributed by atoms with Crippen LogP contribution in [0, 0.1) is 0 Å². The quantitative estimate of drug-likeness (QED) is 0.715. The highest BCUT2D eigenvalue weighted by Crippen LogP contribution is 2.38. The predicted octanol–water partition coefficient (Wildman–Crippen LogP) is 4.92. The van der Waals surface area contributed by atoms with Crippen LogP contribution in [0.3, 0.4) is 0 Å². The molecule has 7 heteroatoms. The van der Waals surface area contributed by atoms with Crippen LogP contribution < -0.4 is 10.1 Å². The van der Waals surface area contributed by atoms with Crippen LogP contribution in [0.5, 0.6) is 5.75 Å². The van der Waals surface area contributed by atoms with E-state index in [9.17, 15) is 0 Å². The van der Waals surface area contributed by atoms with Gasteiger partial charge in [-0.15, -0.1) is 12.4 Å². The predicted molar refractivity (Wildman–Crippen MR) is 105 cm³/mol.